The van der Waals surface area contributed by atoms with Gasteiger partial charge in [-0.15, -0.1) is 0 Å². The summed E-state index contributed by atoms with van der Waals surface area (Å²) in [7, 11) is 1.43. The smallest absolute Gasteiger partial charge is 0.142 e. The molecule has 0 radical (unpaired) electrons. The highest BCUT2D eigenvalue weighted by molar-refractivity contribution is 5.81. The highest BCUT2D eigenvalue weighted by Crippen LogP contribution is 2.21. The summed E-state index contributed by atoms with van der Waals surface area (Å²) in [6, 6.07) is 15.9. The van der Waals surface area contributed by atoms with E-state index in [1.165, 1.54) is 18.7 Å². The Hall–Kier alpha value is -2.84. The monoisotopic (exact) mass is 397 g/mol. The van der Waals surface area contributed by atoms with Crippen molar-refractivity contribution in [3.05, 3.63) is 71.6 Å². The van der Waals surface area contributed by atoms with E-state index in [1.807, 2.05) is 41.0 Å². The fourth-order valence-electron chi connectivity index (χ4n) is 3.01. The molecule has 154 valence electrons. The zero-order valence-electron chi connectivity index (χ0n) is 16.4. The summed E-state index contributed by atoms with van der Waals surface area (Å²) in [6.07, 6.45) is 4.67. The average molecular weight is 397 g/mol. The molecule has 0 aliphatic heterocycles. The van der Waals surface area contributed by atoms with Crippen LogP contribution < -0.4 is 5.48 Å². The topological polar surface area (TPSA) is 108 Å². The molecule has 0 fully saturated rings. The van der Waals surface area contributed by atoms with E-state index < -0.39 is 6.10 Å². The maximum absolute atomic E-state index is 10.5. The van der Waals surface area contributed by atoms with Crippen molar-refractivity contribution in [2.75, 3.05) is 13.7 Å². The van der Waals surface area contributed by atoms with Crippen molar-refractivity contribution in [2.45, 2.75) is 25.5 Å². The van der Waals surface area contributed by atoms with Crippen molar-refractivity contribution in [3.63, 3.8) is 0 Å². The van der Waals surface area contributed by atoms with Crippen molar-refractivity contribution < 1.29 is 20.2 Å². The number of carbonyl (C=O) groups excluding carboxylic acids is 1. The molecule has 0 amide bonds. The number of aromatic nitrogens is 2. The third-order valence-corrected chi connectivity index (χ3v) is 4.30. The third-order valence-electron chi connectivity index (χ3n) is 4.30. The lowest BCUT2D eigenvalue weighted by molar-refractivity contribution is -0.104. The summed E-state index contributed by atoms with van der Waals surface area (Å²) in [4.78, 5) is 15.2. The molecule has 0 bridgehead atoms. The van der Waals surface area contributed by atoms with E-state index in [-0.39, 0.29) is 6.61 Å². The second-order valence-corrected chi connectivity index (χ2v) is 6.43. The van der Waals surface area contributed by atoms with Crippen molar-refractivity contribution in [3.8, 4) is 0 Å². The summed E-state index contributed by atoms with van der Waals surface area (Å²) in [5, 5.41) is 26.5. The van der Waals surface area contributed by atoms with Crippen molar-refractivity contribution in [2.24, 2.45) is 0 Å². The number of nitrogens with one attached hydrogen (secondary N) is 1. The van der Waals surface area contributed by atoms with Gasteiger partial charge in [0.05, 0.1) is 30.3 Å². The first-order valence-electron chi connectivity index (χ1n) is 9.37. The van der Waals surface area contributed by atoms with Gasteiger partial charge in [-0.3, -0.25) is 4.79 Å². The van der Waals surface area contributed by atoms with Gasteiger partial charge in [-0.2, -0.15) is 0 Å². The van der Waals surface area contributed by atoms with Crippen LogP contribution >= 0.6 is 0 Å². The van der Waals surface area contributed by atoms with Gasteiger partial charge in [-0.1, -0.05) is 42.5 Å². The molecule has 0 aliphatic rings. The number of aliphatic hydroxyl groups is 2. The number of aryl methyl sites for hydroxylation is 2. The first-order chi connectivity index (χ1) is 14.1. The van der Waals surface area contributed by atoms with Gasteiger partial charge in [0.2, 0.25) is 0 Å². The second kappa shape index (κ2) is 11.9. The summed E-state index contributed by atoms with van der Waals surface area (Å²) >= 11 is 0. The Balaban J connectivity index is 0.000000941. The Kier molecular flexibility index (Phi) is 9.20. The zero-order chi connectivity index (χ0) is 21.1. The van der Waals surface area contributed by atoms with Gasteiger partial charge < -0.3 is 20.0 Å². The van der Waals surface area contributed by atoms with Gasteiger partial charge in [0.1, 0.15) is 12.1 Å². The molecule has 0 spiro atoms. The van der Waals surface area contributed by atoms with E-state index in [0.717, 1.165) is 41.5 Å². The Labute approximate surface area is 169 Å². The van der Waals surface area contributed by atoms with Crippen molar-refractivity contribution >= 4 is 23.4 Å². The van der Waals surface area contributed by atoms with Gasteiger partial charge in [0.25, 0.3) is 0 Å². The first kappa shape index (κ1) is 22.4. The molecule has 1 unspecified atom stereocenters. The standard InChI is InChI=1S/C21H22N2O3.CH5NO/c24-12-4-7-17-8-10-20-19(13-17)22-21(23(20)14-18(26)15-25)11-9-16-5-2-1-3-6-16;1-2-3/h1-8,10,12-13,18,25-26H,9,11,14-15H2;2-3H,1H3/b7-4+;. The quantitative estimate of drug-likeness (QED) is 0.263. The molecular weight excluding hydrogens is 370 g/mol. The summed E-state index contributed by atoms with van der Waals surface area (Å²) in [6.45, 7) is -0.00139. The number of hydroxylamine groups is 1. The molecular formula is C22H27N3O4. The molecule has 3 rings (SSSR count). The lowest BCUT2D eigenvalue weighted by Crippen LogP contribution is -2.21. The summed E-state index contributed by atoms with van der Waals surface area (Å²) < 4.78 is 1.96. The molecule has 3 aromatic rings. The minimum atomic E-state index is -0.836. The molecule has 7 nitrogen and oxygen atoms in total. The Bertz CT molecular complexity index is 922. The van der Waals surface area contributed by atoms with Gasteiger partial charge in [0, 0.05) is 13.5 Å². The van der Waals surface area contributed by atoms with Crippen LogP contribution in [0.4, 0.5) is 0 Å². The van der Waals surface area contributed by atoms with E-state index in [4.69, 9.17) is 10.2 Å². The predicted octanol–water partition coefficient (Wildman–Crippen LogP) is 1.98. The van der Waals surface area contributed by atoms with Crippen LogP contribution in [0, 0.1) is 0 Å². The van der Waals surface area contributed by atoms with E-state index in [9.17, 15) is 15.0 Å². The highest BCUT2D eigenvalue weighted by atomic mass is 16.5. The SMILES string of the molecule is CNO.O=C/C=C/c1ccc2c(c1)nc(CCc1ccccc1)n2CC(O)CO. The molecule has 29 heavy (non-hydrogen) atoms. The normalized spacial score (nSPS) is 12.0. The molecule has 1 atom stereocenters. The van der Waals surface area contributed by atoms with Gasteiger partial charge in [-0.05, 0) is 35.8 Å². The van der Waals surface area contributed by atoms with Crippen LogP contribution in [0.2, 0.25) is 0 Å². The molecule has 4 N–H and O–H groups in total. The number of aliphatic hydroxyl groups excluding tert-OH is 2. The number of imidazole rings is 1. The molecule has 7 heteroatoms. The molecule has 0 saturated heterocycles. The number of fused-ring (bicyclic) bond motifs is 1. The number of allylic oxidation sites excluding steroid dienone is 1. The van der Waals surface area contributed by atoms with Crippen LogP contribution in [0.25, 0.3) is 17.1 Å². The zero-order valence-corrected chi connectivity index (χ0v) is 16.4. The number of rotatable bonds is 8. The largest absolute Gasteiger partial charge is 0.394 e. The lowest BCUT2D eigenvalue weighted by atomic mass is 10.1. The van der Waals surface area contributed by atoms with Crippen LogP contribution in [0.3, 0.4) is 0 Å². The van der Waals surface area contributed by atoms with Crippen LogP contribution in [0.5, 0.6) is 0 Å². The fraction of sp³-hybridized carbons (Fsp3) is 0.273. The molecule has 2 aromatic carbocycles. The molecule has 0 aliphatic carbocycles. The van der Waals surface area contributed by atoms with Gasteiger partial charge in [-0.25, -0.2) is 10.5 Å². The average Bonchev–Trinajstić information content (AvgIpc) is 3.08. The molecule has 1 aromatic heterocycles. The van der Waals surface area contributed by atoms with Gasteiger partial charge >= 0.3 is 0 Å². The number of nitrogens with zero attached hydrogens (tertiary/aromatic N) is 2. The maximum atomic E-state index is 10.5. The summed E-state index contributed by atoms with van der Waals surface area (Å²) in [5.41, 5.74) is 5.59. The molecule has 0 saturated carbocycles. The first-order valence-corrected chi connectivity index (χ1v) is 9.37. The fourth-order valence-corrected chi connectivity index (χ4v) is 3.01. The minimum Gasteiger partial charge on any atom is -0.394 e. The van der Waals surface area contributed by atoms with E-state index in [0.29, 0.717) is 6.54 Å². The van der Waals surface area contributed by atoms with Crippen molar-refractivity contribution in [1.29, 1.82) is 0 Å². The maximum Gasteiger partial charge on any atom is 0.142 e. The Morgan fingerprint density at radius 1 is 1.17 bits per heavy atom. The van der Waals surface area contributed by atoms with Crippen LogP contribution in [-0.4, -0.2) is 51.0 Å². The molecule has 1 heterocycles. The Morgan fingerprint density at radius 3 is 2.55 bits per heavy atom. The second-order valence-electron chi connectivity index (χ2n) is 6.43. The Morgan fingerprint density at radius 2 is 1.90 bits per heavy atom. The number of carbonyl (C=O) groups is 1. The van der Waals surface area contributed by atoms with Crippen LogP contribution in [0.15, 0.2) is 54.6 Å². The number of hydrogen-bond acceptors (Lipinski definition) is 6. The van der Waals surface area contributed by atoms with Crippen LogP contribution in [-0.2, 0) is 24.2 Å². The van der Waals surface area contributed by atoms with Gasteiger partial charge in [0.15, 0.2) is 0 Å². The van der Waals surface area contributed by atoms with Crippen LogP contribution in [0.1, 0.15) is 17.0 Å². The van der Waals surface area contributed by atoms with Crippen molar-refractivity contribution in [1.82, 2.24) is 15.0 Å². The number of hydrogen-bond donors (Lipinski definition) is 4. The highest BCUT2D eigenvalue weighted by Gasteiger charge is 2.14. The number of benzene rings is 2. The van der Waals surface area contributed by atoms with E-state index >= 15 is 0 Å². The third kappa shape index (κ3) is 6.62. The number of aldehydes is 1. The minimum absolute atomic E-state index is 0.292. The van der Waals surface area contributed by atoms with E-state index in [1.54, 1.807) is 11.6 Å². The lowest BCUT2D eigenvalue weighted by Gasteiger charge is -2.13. The predicted molar refractivity (Wildman–Crippen MR) is 113 cm³/mol. The summed E-state index contributed by atoms with van der Waals surface area (Å²) in [5.74, 6) is 0.868. The van der Waals surface area contributed by atoms with E-state index in [2.05, 4.69) is 12.1 Å².